The molecule has 0 bridgehead atoms. The molecule has 3 fully saturated rings. The minimum Gasteiger partial charge on any atom is -0.403 e. The maximum Gasteiger partial charge on any atom is 0.573 e. The number of hydrogen-bond acceptors (Lipinski definition) is 3. The van der Waals surface area contributed by atoms with Crippen molar-refractivity contribution in [1.29, 1.82) is 0 Å². The molecule has 3 nitrogen and oxygen atoms in total. The molecule has 0 aromatic heterocycles. The van der Waals surface area contributed by atoms with E-state index < -0.39 is 36.1 Å². The van der Waals surface area contributed by atoms with Gasteiger partial charge in [-0.15, -0.1) is 19.8 Å². The van der Waals surface area contributed by atoms with Crippen molar-refractivity contribution < 1.29 is 40.6 Å². The molecule has 1 aromatic carbocycles. The molecule has 43 heavy (non-hydrogen) atoms. The lowest BCUT2D eigenvalue weighted by Gasteiger charge is -2.36. The third kappa shape index (κ3) is 11.1. The molecule has 1 aromatic rings. The zero-order valence-corrected chi connectivity index (χ0v) is 24.9. The summed E-state index contributed by atoms with van der Waals surface area (Å²) in [4.78, 5) is 0. The molecule has 0 aliphatic heterocycles. The molecule has 9 heteroatoms. The molecule has 242 valence electrons. The molecule has 0 atom stereocenters. The highest BCUT2D eigenvalue weighted by Gasteiger charge is 2.44. The van der Waals surface area contributed by atoms with Gasteiger partial charge in [0, 0.05) is 0 Å². The standard InChI is InChI=1S/C34H46F6O3/c1-2-3-4-5-24-6-8-25(9-7-24)10-11-26-12-15-28(16-13-26)33(36,37)42-30-19-17-29(18-20-30)41-23-27-14-21-32(31(35)22-27)43-34(38,39)40/h2,10-11,14,21-22,24-26,28-30H,1,3-9,12-13,15-20,23H2/b11-10+. The first kappa shape index (κ1) is 33.9. The van der Waals surface area contributed by atoms with Gasteiger partial charge in [-0.25, -0.2) is 4.39 Å². The minimum absolute atomic E-state index is 0.00458. The Bertz CT molecular complexity index is 1020. The second-order valence-electron chi connectivity index (χ2n) is 12.7. The normalized spacial score (nSPS) is 29.1. The van der Waals surface area contributed by atoms with E-state index in [0.717, 1.165) is 37.3 Å². The van der Waals surface area contributed by atoms with Crippen molar-refractivity contribution in [3.63, 3.8) is 0 Å². The Morgan fingerprint density at radius 1 is 0.791 bits per heavy atom. The second-order valence-corrected chi connectivity index (χ2v) is 12.7. The average Bonchev–Trinajstić information content (AvgIpc) is 2.97. The Morgan fingerprint density at radius 2 is 1.40 bits per heavy atom. The zero-order chi connectivity index (χ0) is 30.9. The molecule has 0 N–H and O–H groups in total. The van der Waals surface area contributed by atoms with Gasteiger partial charge in [0.05, 0.1) is 24.7 Å². The predicted octanol–water partition coefficient (Wildman–Crippen LogP) is 10.7. The van der Waals surface area contributed by atoms with Crippen LogP contribution in [-0.4, -0.2) is 24.7 Å². The first-order valence-electron chi connectivity index (χ1n) is 16.0. The lowest BCUT2D eigenvalue weighted by molar-refractivity contribution is -0.302. The van der Waals surface area contributed by atoms with E-state index in [9.17, 15) is 17.6 Å². The van der Waals surface area contributed by atoms with Crippen molar-refractivity contribution in [2.24, 2.45) is 23.7 Å². The van der Waals surface area contributed by atoms with E-state index in [1.807, 2.05) is 6.08 Å². The third-order valence-electron chi connectivity index (χ3n) is 9.47. The average molecular weight is 617 g/mol. The number of rotatable bonds is 13. The molecule has 0 heterocycles. The summed E-state index contributed by atoms with van der Waals surface area (Å²) in [5, 5.41) is 0. The van der Waals surface area contributed by atoms with Crippen LogP contribution in [0.5, 0.6) is 5.75 Å². The van der Waals surface area contributed by atoms with Crippen molar-refractivity contribution in [3.8, 4) is 5.75 Å². The summed E-state index contributed by atoms with van der Waals surface area (Å²) in [6.45, 7) is 3.81. The largest absolute Gasteiger partial charge is 0.573 e. The monoisotopic (exact) mass is 616 g/mol. The molecular formula is C34H46F6O3. The Labute approximate surface area is 252 Å². The van der Waals surface area contributed by atoms with Crippen molar-refractivity contribution >= 4 is 0 Å². The number of ether oxygens (including phenoxy) is 3. The number of allylic oxidation sites excluding steroid dienone is 3. The second kappa shape index (κ2) is 15.8. The Hall–Kier alpha value is -2.00. The molecule has 3 aliphatic rings. The summed E-state index contributed by atoms with van der Waals surface area (Å²) in [5.74, 6) is -0.967. The van der Waals surface area contributed by atoms with Crippen LogP contribution in [0.25, 0.3) is 0 Å². The summed E-state index contributed by atoms with van der Waals surface area (Å²) in [7, 11) is 0. The molecule has 0 spiro atoms. The van der Waals surface area contributed by atoms with E-state index in [1.54, 1.807) is 0 Å². The van der Waals surface area contributed by atoms with Gasteiger partial charge in [-0.2, -0.15) is 8.78 Å². The highest BCUT2D eigenvalue weighted by atomic mass is 19.4. The predicted molar refractivity (Wildman–Crippen MR) is 154 cm³/mol. The van der Waals surface area contributed by atoms with Crippen molar-refractivity contribution in [2.75, 3.05) is 0 Å². The molecule has 3 aliphatic carbocycles. The van der Waals surface area contributed by atoms with Crippen LogP contribution in [0.2, 0.25) is 0 Å². The molecule has 4 rings (SSSR count). The highest BCUT2D eigenvalue weighted by molar-refractivity contribution is 5.29. The van der Waals surface area contributed by atoms with Gasteiger partial charge in [-0.3, -0.25) is 0 Å². The number of halogens is 6. The van der Waals surface area contributed by atoms with E-state index in [2.05, 4.69) is 23.5 Å². The van der Waals surface area contributed by atoms with Crippen LogP contribution in [-0.2, 0) is 16.1 Å². The maximum absolute atomic E-state index is 15.1. The summed E-state index contributed by atoms with van der Waals surface area (Å²) >= 11 is 0. The van der Waals surface area contributed by atoms with Gasteiger partial charge in [0.1, 0.15) is 0 Å². The number of alkyl halides is 5. The molecule has 0 amide bonds. The summed E-state index contributed by atoms with van der Waals surface area (Å²) in [6.07, 6.45) is 10.8. The van der Waals surface area contributed by atoms with Crippen LogP contribution < -0.4 is 4.74 Å². The van der Waals surface area contributed by atoms with Crippen molar-refractivity contribution in [1.82, 2.24) is 0 Å². The molecule has 0 unspecified atom stereocenters. The van der Waals surface area contributed by atoms with Gasteiger partial charge in [0.25, 0.3) is 0 Å². The fraction of sp³-hybridized carbons (Fsp3) is 0.706. The first-order chi connectivity index (χ1) is 20.5. The number of hydrogen-bond donors (Lipinski definition) is 0. The Balaban J connectivity index is 1.12. The molecule has 0 radical (unpaired) electrons. The lowest BCUT2D eigenvalue weighted by Crippen LogP contribution is -2.39. The van der Waals surface area contributed by atoms with Gasteiger partial charge < -0.3 is 14.2 Å². The molecular weight excluding hydrogens is 570 g/mol. The molecule has 0 saturated heterocycles. The highest BCUT2D eigenvalue weighted by Crippen LogP contribution is 2.42. The van der Waals surface area contributed by atoms with E-state index >= 15 is 8.78 Å². The fourth-order valence-corrected chi connectivity index (χ4v) is 6.87. The Morgan fingerprint density at radius 3 is 1.98 bits per heavy atom. The van der Waals surface area contributed by atoms with Gasteiger partial charge >= 0.3 is 12.5 Å². The van der Waals surface area contributed by atoms with Crippen molar-refractivity contribution in [2.45, 2.75) is 128 Å². The van der Waals surface area contributed by atoms with Gasteiger partial charge in [0.15, 0.2) is 11.6 Å². The van der Waals surface area contributed by atoms with Crippen molar-refractivity contribution in [3.05, 3.63) is 54.4 Å². The smallest absolute Gasteiger partial charge is 0.403 e. The number of benzene rings is 1. The quantitative estimate of drug-likeness (QED) is 0.125. The summed E-state index contributed by atoms with van der Waals surface area (Å²) in [6, 6.07) is 3.16. The summed E-state index contributed by atoms with van der Waals surface area (Å²) in [5.41, 5.74) is 0.365. The fourth-order valence-electron chi connectivity index (χ4n) is 6.87. The van der Waals surface area contributed by atoms with E-state index in [4.69, 9.17) is 9.47 Å². The van der Waals surface area contributed by atoms with Crippen LogP contribution in [0.15, 0.2) is 43.0 Å². The Kier molecular flexibility index (Phi) is 12.5. The van der Waals surface area contributed by atoms with Crippen LogP contribution in [0.3, 0.4) is 0 Å². The number of unbranched alkanes of at least 4 members (excludes halogenated alkanes) is 1. The maximum atomic E-state index is 15.1. The minimum atomic E-state index is -4.97. The van der Waals surface area contributed by atoms with Gasteiger partial charge in [0.2, 0.25) is 0 Å². The van der Waals surface area contributed by atoms with E-state index in [1.165, 1.54) is 44.6 Å². The van der Waals surface area contributed by atoms with Gasteiger partial charge in [-0.1, -0.05) is 30.7 Å². The first-order valence-corrected chi connectivity index (χ1v) is 16.0. The molecule has 3 saturated carbocycles. The van der Waals surface area contributed by atoms with Crippen LogP contribution in [0.4, 0.5) is 26.3 Å². The summed E-state index contributed by atoms with van der Waals surface area (Å²) < 4.78 is 95.9. The van der Waals surface area contributed by atoms with E-state index in [0.29, 0.717) is 55.9 Å². The van der Waals surface area contributed by atoms with Crippen LogP contribution in [0, 0.1) is 29.5 Å². The lowest BCUT2D eigenvalue weighted by atomic mass is 9.78. The van der Waals surface area contributed by atoms with E-state index in [-0.39, 0.29) is 12.7 Å². The van der Waals surface area contributed by atoms with Gasteiger partial charge in [-0.05, 0) is 125 Å². The third-order valence-corrected chi connectivity index (χ3v) is 9.47. The zero-order valence-electron chi connectivity index (χ0n) is 24.9. The van der Waals surface area contributed by atoms with Crippen LogP contribution in [0.1, 0.15) is 102 Å². The SMILES string of the molecule is C=CCCCC1CCC(/C=C/C2CCC(C(F)(F)OC3CCC(OCc4ccc(OC(F)(F)F)c(F)c4)CC3)CC2)CC1. The topological polar surface area (TPSA) is 27.7 Å². The van der Waals surface area contributed by atoms with Crippen LogP contribution >= 0.6 is 0 Å².